The number of aromatic hydroxyl groups is 1. The zero-order valence-corrected chi connectivity index (χ0v) is 23.2. The quantitative estimate of drug-likeness (QED) is 0.390. The van der Waals surface area contributed by atoms with Crippen LogP contribution in [0, 0.1) is 32.4 Å². The van der Waals surface area contributed by atoms with Crippen molar-refractivity contribution in [3.05, 3.63) is 93.5 Å². The number of rotatable bonds is 4. The summed E-state index contributed by atoms with van der Waals surface area (Å²) in [6.07, 6.45) is 1.54. The van der Waals surface area contributed by atoms with Crippen LogP contribution in [0.15, 0.2) is 48.5 Å². The molecule has 1 N–H and O–H groups in total. The van der Waals surface area contributed by atoms with Gasteiger partial charge in [0.05, 0.1) is 6.04 Å². The Morgan fingerprint density at radius 3 is 1.92 bits per heavy atom. The van der Waals surface area contributed by atoms with Gasteiger partial charge in [-0.15, -0.1) is 0 Å². The number of phenolic OH excluding ortho intramolecular Hbond substituents is 1. The molecule has 1 saturated heterocycles. The van der Waals surface area contributed by atoms with Crippen LogP contribution in [0.4, 0.5) is 8.78 Å². The molecule has 200 valence electrons. The van der Waals surface area contributed by atoms with Gasteiger partial charge in [0.25, 0.3) is 0 Å². The lowest BCUT2D eigenvalue weighted by Gasteiger charge is -2.45. The van der Waals surface area contributed by atoms with E-state index < -0.39 is 5.60 Å². The number of nitrogens with zero attached hydrogens (tertiary/aromatic N) is 2. The summed E-state index contributed by atoms with van der Waals surface area (Å²) in [7, 11) is 0. The fraction of sp³-hybridized carbons (Fsp3) is 0.387. The number of ether oxygens (including phenoxy) is 1. The Bertz CT molecular complexity index is 1310. The molecule has 3 aromatic rings. The molecule has 0 amide bonds. The zero-order chi connectivity index (χ0) is 27.2. The predicted octanol–water partition coefficient (Wildman–Crippen LogP) is 6.41. The molecule has 3 aromatic carbocycles. The summed E-state index contributed by atoms with van der Waals surface area (Å²) < 4.78 is 34.0. The maximum absolute atomic E-state index is 13.7. The maximum Gasteiger partial charge on any atom is 0.156 e. The van der Waals surface area contributed by atoms with Gasteiger partial charge in [0, 0.05) is 31.7 Å². The fourth-order valence-electron chi connectivity index (χ4n) is 5.82. The third-order valence-corrected chi connectivity index (χ3v) is 9.00. The number of phenols is 1. The van der Waals surface area contributed by atoms with Gasteiger partial charge in [-0.2, -0.15) is 0 Å². The van der Waals surface area contributed by atoms with Gasteiger partial charge in [0.15, 0.2) is 5.60 Å². The Morgan fingerprint density at radius 2 is 1.39 bits per heavy atom. The van der Waals surface area contributed by atoms with E-state index in [1.54, 1.807) is 24.3 Å². The van der Waals surface area contributed by atoms with Crippen molar-refractivity contribution < 1.29 is 18.6 Å². The van der Waals surface area contributed by atoms with Crippen LogP contribution in [-0.4, -0.2) is 51.7 Å². The molecule has 0 aliphatic carbocycles. The molecular weight excluding hydrogens is 502 g/mol. The molecule has 2 heterocycles. The number of piperazine rings is 1. The van der Waals surface area contributed by atoms with Crippen molar-refractivity contribution in [2.45, 2.75) is 52.2 Å². The molecule has 0 radical (unpaired) electrons. The van der Waals surface area contributed by atoms with Crippen molar-refractivity contribution in [3.8, 4) is 11.5 Å². The fourth-order valence-corrected chi connectivity index (χ4v) is 6.15. The van der Waals surface area contributed by atoms with Gasteiger partial charge in [-0.05, 0) is 92.6 Å². The largest absolute Gasteiger partial charge is 0.507 e. The van der Waals surface area contributed by atoms with Crippen molar-refractivity contribution in [2.24, 2.45) is 0 Å². The average molecular weight is 537 g/mol. The SMILES string of the molecule is Cc1c(C)c2c(c(C)c1O)CCC(C)(C(=S)N1CCN(C(c3ccc(F)cc3)c3ccc(F)cc3)CC1)O2. The van der Waals surface area contributed by atoms with Crippen LogP contribution in [0.5, 0.6) is 11.5 Å². The standard InChI is InChI=1S/C31H34F2N2O2S/c1-19-20(2)29-26(21(3)28(19)36)13-14-31(4,37-29)30(38)35-17-15-34(16-18-35)27(22-5-9-24(32)10-6-22)23-7-11-25(33)12-8-23/h5-12,27,36H,13-18H2,1-4H3. The van der Waals surface area contributed by atoms with E-state index in [1.807, 2.05) is 20.8 Å². The van der Waals surface area contributed by atoms with Gasteiger partial charge >= 0.3 is 0 Å². The highest BCUT2D eigenvalue weighted by Crippen LogP contribution is 2.44. The van der Waals surface area contributed by atoms with Crippen molar-refractivity contribution in [1.29, 1.82) is 0 Å². The number of halogens is 2. The third kappa shape index (κ3) is 4.78. The summed E-state index contributed by atoms with van der Waals surface area (Å²) in [4.78, 5) is 5.38. The second-order valence-electron chi connectivity index (χ2n) is 10.7. The molecular formula is C31H34F2N2O2S. The average Bonchev–Trinajstić information content (AvgIpc) is 2.93. The van der Waals surface area contributed by atoms with Gasteiger partial charge in [-0.3, -0.25) is 4.90 Å². The molecule has 4 nitrogen and oxygen atoms in total. The van der Waals surface area contributed by atoms with Crippen LogP contribution in [0.1, 0.15) is 52.8 Å². The highest BCUT2D eigenvalue weighted by atomic mass is 32.1. The van der Waals surface area contributed by atoms with E-state index in [4.69, 9.17) is 17.0 Å². The van der Waals surface area contributed by atoms with Crippen molar-refractivity contribution in [3.63, 3.8) is 0 Å². The lowest BCUT2D eigenvalue weighted by Crippen LogP contribution is -2.57. The second-order valence-corrected chi connectivity index (χ2v) is 11.1. The summed E-state index contributed by atoms with van der Waals surface area (Å²) in [5, 5.41) is 10.5. The topological polar surface area (TPSA) is 35.9 Å². The highest BCUT2D eigenvalue weighted by molar-refractivity contribution is 7.80. The smallest absolute Gasteiger partial charge is 0.156 e. The molecule has 0 aromatic heterocycles. The van der Waals surface area contributed by atoms with Crippen LogP contribution >= 0.6 is 12.2 Å². The van der Waals surface area contributed by atoms with Crippen molar-refractivity contribution in [2.75, 3.05) is 26.2 Å². The number of thiocarbonyl (C=S) groups is 1. The molecule has 1 fully saturated rings. The maximum atomic E-state index is 13.7. The van der Waals surface area contributed by atoms with Gasteiger partial charge in [-0.1, -0.05) is 36.5 Å². The first-order valence-electron chi connectivity index (χ1n) is 13.1. The first kappa shape index (κ1) is 26.6. The monoisotopic (exact) mass is 536 g/mol. The number of hydrogen-bond acceptors (Lipinski definition) is 4. The number of fused-ring (bicyclic) bond motifs is 1. The van der Waals surface area contributed by atoms with Crippen LogP contribution in [0.25, 0.3) is 0 Å². The van der Waals surface area contributed by atoms with Gasteiger partial charge < -0.3 is 14.7 Å². The number of benzene rings is 3. The first-order valence-corrected chi connectivity index (χ1v) is 13.5. The van der Waals surface area contributed by atoms with E-state index in [9.17, 15) is 13.9 Å². The molecule has 0 saturated carbocycles. The Hall–Kier alpha value is -3.03. The zero-order valence-electron chi connectivity index (χ0n) is 22.4. The van der Waals surface area contributed by atoms with E-state index >= 15 is 0 Å². The molecule has 1 atom stereocenters. The van der Waals surface area contributed by atoms with Crippen molar-refractivity contribution in [1.82, 2.24) is 9.80 Å². The third-order valence-electron chi connectivity index (χ3n) is 8.31. The van der Waals surface area contributed by atoms with Gasteiger partial charge in [0.1, 0.15) is 28.1 Å². The summed E-state index contributed by atoms with van der Waals surface area (Å²) in [6.45, 7) is 10.9. The lowest BCUT2D eigenvalue weighted by atomic mass is 9.86. The van der Waals surface area contributed by atoms with E-state index in [1.165, 1.54) is 24.3 Å². The summed E-state index contributed by atoms with van der Waals surface area (Å²) >= 11 is 6.04. The first-order chi connectivity index (χ1) is 18.1. The Morgan fingerprint density at radius 1 is 0.868 bits per heavy atom. The molecule has 0 bridgehead atoms. The lowest BCUT2D eigenvalue weighted by molar-refractivity contribution is 0.101. The summed E-state index contributed by atoms with van der Waals surface area (Å²) in [5.41, 5.74) is 5.09. The molecule has 5 rings (SSSR count). The van der Waals surface area contributed by atoms with Gasteiger partial charge in [-0.25, -0.2) is 8.78 Å². The van der Waals surface area contributed by atoms with Crippen molar-refractivity contribution >= 4 is 17.2 Å². The number of hydrogen-bond donors (Lipinski definition) is 1. The van der Waals surface area contributed by atoms with E-state index in [-0.39, 0.29) is 17.7 Å². The van der Waals surface area contributed by atoms with Crippen LogP contribution in [0.2, 0.25) is 0 Å². The normalized spacial score (nSPS) is 19.8. The highest BCUT2D eigenvalue weighted by Gasteiger charge is 2.41. The minimum Gasteiger partial charge on any atom is -0.507 e. The van der Waals surface area contributed by atoms with E-state index in [0.29, 0.717) is 5.75 Å². The summed E-state index contributed by atoms with van der Waals surface area (Å²) in [5.74, 6) is 0.643. The molecule has 7 heteroatoms. The van der Waals surface area contributed by atoms with Crippen LogP contribution in [0.3, 0.4) is 0 Å². The van der Waals surface area contributed by atoms with E-state index in [2.05, 4.69) is 16.7 Å². The Kier molecular flexibility index (Phi) is 7.18. The van der Waals surface area contributed by atoms with E-state index in [0.717, 1.165) is 83.1 Å². The predicted molar refractivity (Wildman–Crippen MR) is 150 cm³/mol. The van der Waals surface area contributed by atoms with Crippen LogP contribution in [-0.2, 0) is 6.42 Å². The minimum absolute atomic E-state index is 0.110. The molecule has 2 aliphatic rings. The summed E-state index contributed by atoms with van der Waals surface area (Å²) in [6, 6.07) is 13.0. The second kappa shape index (κ2) is 10.3. The molecule has 0 spiro atoms. The molecule has 1 unspecified atom stereocenters. The Labute approximate surface area is 228 Å². The molecule has 38 heavy (non-hydrogen) atoms. The Balaban J connectivity index is 1.34. The van der Waals surface area contributed by atoms with Gasteiger partial charge in [0.2, 0.25) is 0 Å². The minimum atomic E-state index is -0.613. The molecule has 2 aliphatic heterocycles. The van der Waals surface area contributed by atoms with Crippen LogP contribution < -0.4 is 4.74 Å².